The van der Waals surface area contributed by atoms with Crippen LogP contribution < -0.4 is 16.2 Å². The fourth-order valence-electron chi connectivity index (χ4n) is 2.35. The van der Waals surface area contributed by atoms with E-state index in [9.17, 15) is 4.79 Å². The molecule has 0 saturated carbocycles. The van der Waals surface area contributed by atoms with Crippen molar-refractivity contribution in [1.29, 1.82) is 0 Å². The van der Waals surface area contributed by atoms with Crippen molar-refractivity contribution in [1.82, 2.24) is 25.9 Å². The summed E-state index contributed by atoms with van der Waals surface area (Å²) in [6.45, 7) is 8.37. The number of halogens is 1. The van der Waals surface area contributed by atoms with Crippen LogP contribution in [0, 0.1) is 13.8 Å². The first-order valence-corrected chi connectivity index (χ1v) is 9.38. The van der Waals surface area contributed by atoms with Crippen molar-refractivity contribution < 1.29 is 4.79 Å². The third-order valence-corrected chi connectivity index (χ3v) is 4.30. The van der Waals surface area contributed by atoms with Gasteiger partial charge >= 0.3 is 0 Å². The topological polar surface area (TPSA) is 71.0 Å². The maximum atomic E-state index is 11.9. The van der Waals surface area contributed by atoms with Gasteiger partial charge in [-0.1, -0.05) is 41.4 Å². The fourth-order valence-corrected chi connectivity index (χ4v) is 2.93. The second-order valence-electron chi connectivity index (χ2n) is 6.51. The van der Waals surface area contributed by atoms with E-state index in [0.717, 1.165) is 11.3 Å². The molecule has 144 valence electrons. The molecule has 0 spiro atoms. The Labute approximate surface area is 169 Å². The number of hydrazine groups is 1. The highest BCUT2D eigenvalue weighted by Crippen LogP contribution is 2.22. The smallest absolute Gasteiger partial charge is 0.262 e. The molecule has 8 heteroatoms. The largest absolute Gasteiger partial charge is 0.359 e. The van der Waals surface area contributed by atoms with Crippen molar-refractivity contribution >= 4 is 40.9 Å². The first-order valence-electron chi connectivity index (χ1n) is 8.59. The van der Waals surface area contributed by atoms with Crippen LogP contribution in [0.2, 0.25) is 5.15 Å². The van der Waals surface area contributed by atoms with Crippen LogP contribution in [-0.4, -0.2) is 26.8 Å². The maximum absolute atomic E-state index is 11.9. The van der Waals surface area contributed by atoms with Crippen molar-refractivity contribution in [3.8, 4) is 0 Å². The zero-order chi connectivity index (χ0) is 20.0. The summed E-state index contributed by atoms with van der Waals surface area (Å²) in [6.07, 6.45) is 3.03. The van der Waals surface area contributed by atoms with Gasteiger partial charge in [0.1, 0.15) is 5.15 Å². The molecule has 3 N–H and O–H groups in total. The Balaban J connectivity index is 2.01. The van der Waals surface area contributed by atoms with E-state index in [1.807, 2.05) is 39.8 Å². The standard InChI is InChI=1S/C19H24ClN5OS/c1-12(2)21-19(27)23-22-17(26)10-9-16-14(4)24-25(18(16)20)11-15-7-5-13(3)6-8-15/h5-10,12H,11H2,1-4H3,(H,22,26)(H2,21,23,27)/b10-9+. The molecule has 2 rings (SSSR count). The first kappa shape index (κ1) is 20.9. The van der Waals surface area contributed by atoms with E-state index in [4.69, 9.17) is 23.8 Å². The Hall–Kier alpha value is -2.38. The normalized spacial score (nSPS) is 11.0. The van der Waals surface area contributed by atoms with Gasteiger partial charge in [-0.3, -0.25) is 15.6 Å². The minimum atomic E-state index is -0.343. The lowest BCUT2D eigenvalue weighted by Gasteiger charge is -2.12. The Kier molecular flexibility index (Phi) is 7.38. The van der Waals surface area contributed by atoms with Gasteiger partial charge in [-0.15, -0.1) is 0 Å². The molecule has 0 fully saturated rings. The summed E-state index contributed by atoms with van der Waals surface area (Å²) < 4.78 is 1.72. The van der Waals surface area contributed by atoms with Crippen molar-refractivity contribution in [2.24, 2.45) is 0 Å². The van der Waals surface area contributed by atoms with Gasteiger partial charge in [0, 0.05) is 17.7 Å². The predicted octanol–water partition coefficient (Wildman–Crippen LogP) is 3.12. The molecule has 2 aromatic rings. The molecule has 27 heavy (non-hydrogen) atoms. The minimum absolute atomic E-state index is 0.179. The molecule has 1 aromatic heterocycles. The fraction of sp³-hybridized carbons (Fsp3) is 0.316. The Morgan fingerprint density at radius 2 is 1.93 bits per heavy atom. The molecule has 0 unspecified atom stereocenters. The van der Waals surface area contributed by atoms with Gasteiger partial charge in [-0.2, -0.15) is 5.10 Å². The molecule has 0 aliphatic rings. The number of hydrogen-bond donors (Lipinski definition) is 3. The second-order valence-corrected chi connectivity index (χ2v) is 7.28. The number of hydrogen-bond acceptors (Lipinski definition) is 3. The number of aryl methyl sites for hydroxylation is 2. The molecule has 0 aliphatic heterocycles. The van der Waals surface area contributed by atoms with Crippen LogP contribution in [0.1, 0.15) is 36.2 Å². The van der Waals surface area contributed by atoms with E-state index >= 15 is 0 Å². The molecule has 6 nitrogen and oxygen atoms in total. The van der Waals surface area contributed by atoms with E-state index in [-0.39, 0.29) is 11.9 Å². The van der Waals surface area contributed by atoms with Gasteiger partial charge in [0.05, 0.1) is 12.2 Å². The van der Waals surface area contributed by atoms with Crippen molar-refractivity contribution in [3.05, 3.63) is 57.9 Å². The van der Waals surface area contributed by atoms with Gasteiger partial charge in [0.15, 0.2) is 5.11 Å². The van der Waals surface area contributed by atoms with Gasteiger partial charge in [-0.25, -0.2) is 4.68 Å². The molecule has 1 heterocycles. The molecule has 1 aromatic carbocycles. The third-order valence-electron chi connectivity index (χ3n) is 3.68. The number of carbonyl (C=O) groups is 1. The summed E-state index contributed by atoms with van der Waals surface area (Å²) in [5.74, 6) is -0.343. The molecule has 0 radical (unpaired) electrons. The van der Waals surface area contributed by atoms with Gasteiger partial charge in [0.2, 0.25) is 0 Å². The summed E-state index contributed by atoms with van der Waals surface area (Å²) in [5, 5.41) is 8.28. The van der Waals surface area contributed by atoms with Crippen LogP contribution in [-0.2, 0) is 11.3 Å². The highest BCUT2D eigenvalue weighted by molar-refractivity contribution is 7.80. The zero-order valence-corrected chi connectivity index (χ0v) is 17.4. The van der Waals surface area contributed by atoms with E-state index < -0.39 is 0 Å². The van der Waals surface area contributed by atoms with E-state index in [1.165, 1.54) is 11.6 Å². The molecule has 1 amide bonds. The van der Waals surface area contributed by atoms with Crippen LogP contribution in [0.15, 0.2) is 30.3 Å². The molecule has 0 bridgehead atoms. The molecular formula is C19H24ClN5OS. The van der Waals surface area contributed by atoms with Crippen molar-refractivity contribution in [3.63, 3.8) is 0 Å². The molecular weight excluding hydrogens is 382 g/mol. The highest BCUT2D eigenvalue weighted by atomic mass is 35.5. The second kappa shape index (κ2) is 9.53. The summed E-state index contributed by atoms with van der Waals surface area (Å²) >= 11 is 11.5. The molecule has 0 atom stereocenters. The van der Waals surface area contributed by atoms with Gasteiger partial charge < -0.3 is 5.32 Å². The monoisotopic (exact) mass is 405 g/mol. The van der Waals surface area contributed by atoms with Gasteiger partial charge in [0.25, 0.3) is 5.91 Å². The summed E-state index contributed by atoms with van der Waals surface area (Å²) in [6, 6.07) is 8.38. The average molecular weight is 406 g/mol. The zero-order valence-electron chi connectivity index (χ0n) is 15.8. The molecule has 0 saturated heterocycles. The maximum Gasteiger partial charge on any atom is 0.262 e. The van der Waals surface area contributed by atoms with Crippen molar-refractivity contribution in [2.45, 2.75) is 40.3 Å². The number of carbonyl (C=O) groups excluding carboxylic acids is 1. The van der Waals surface area contributed by atoms with E-state index in [0.29, 0.717) is 22.4 Å². The average Bonchev–Trinajstić information content (AvgIpc) is 2.86. The summed E-state index contributed by atoms with van der Waals surface area (Å²) in [7, 11) is 0. The Bertz CT molecular complexity index is 843. The third kappa shape index (κ3) is 6.37. The van der Waals surface area contributed by atoms with E-state index in [1.54, 1.807) is 10.8 Å². The van der Waals surface area contributed by atoms with Crippen LogP contribution in [0.25, 0.3) is 6.08 Å². The summed E-state index contributed by atoms with van der Waals surface area (Å²) in [4.78, 5) is 11.9. The molecule has 0 aliphatic carbocycles. The number of aromatic nitrogens is 2. The minimum Gasteiger partial charge on any atom is -0.359 e. The van der Waals surface area contributed by atoms with Crippen LogP contribution in [0.5, 0.6) is 0 Å². The Morgan fingerprint density at radius 1 is 1.26 bits per heavy atom. The van der Waals surface area contributed by atoms with Gasteiger partial charge in [-0.05, 0) is 51.6 Å². The number of amides is 1. The first-order chi connectivity index (χ1) is 12.8. The lowest BCUT2D eigenvalue weighted by atomic mass is 10.1. The lowest BCUT2D eigenvalue weighted by Crippen LogP contribution is -2.48. The quantitative estimate of drug-likeness (QED) is 0.405. The van der Waals surface area contributed by atoms with Crippen LogP contribution >= 0.6 is 23.8 Å². The van der Waals surface area contributed by atoms with Crippen molar-refractivity contribution in [2.75, 3.05) is 0 Å². The number of rotatable bonds is 5. The lowest BCUT2D eigenvalue weighted by molar-refractivity contribution is -0.116. The highest BCUT2D eigenvalue weighted by Gasteiger charge is 2.12. The SMILES string of the molecule is Cc1ccc(Cn2nc(C)c(/C=C/C(=O)NNC(=S)NC(C)C)c2Cl)cc1. The number of thiocarbonyl (C=S) groups is 1. The summed E-state index contributed by atoms with van der Waals surface area (Å²) in [5.41, 5.74) is 8.90. The number of benzene rings is 1. The number of nitrogens with zero attached hydrogens (tertiary/aromatic N) is 2. The predicted molar refractivity (Wildman–Crippen MR) is 113 cm³/mol. The number of nitrogens with one attached hydrogen (secondary N) is 3. The Morgan fingerprint density at radius 3 is 2.56 bits per heavy atom. The van der Waals surface area contributed by atoms with Crippen LogP contribution in [0.3, 0.4) is 0 Å². The van der Waals surface area contributed by atoms with E-state index in [2.05, 4.69) is 33.4 Å². The van der Waals surface area contributed by atoms with Crippen LogP contribution in [0.4, 0.5) is 0 Å².